The van der Waals surface area contributed by atoms with Gasteiger partial charge in [-0.1, -0.05) is 23.7 Å². The van der Waals surface area contributed by atoms with Gasteiger partial charge < -0.3 is 9.64 Å². The van der Waals surface area contributed by atoms with Crippen LogP contribution in [0, 0.1) is 0 Å². The number of rotatable bonds is 4. The van der Waals surface area contributed by atoms with Crippen LogP contribution in [0.1, 0.15) is 21.5 Å². The Kier molecular flexibility index (Phi) is 4.77. The zero-order chi connectivity index (χ0) is 18.8. The van der Waals surface area contributed by atoms with Gasteiger partial charge in [0.15, 0.2) is 0 Å². The van der Waals surface area contributed by atoms with E-state index in [-0.39, 0.29) is 5.91 Å². The topological polar surface area (TPSA) is 55.3 Å². The van der Waals surface area contributed by atoms with E-state index in [0.29, 0.717) is 29.4 Å². The van der Waals surface area contributed by atoms with Crippen LogP contribution in [0.2, 0.25) is 5.02 Å². The van der Waals surface area contributed by atoms with Crippen LogP contribution in [0.4, 0.5) is 0 Å². The number of carbonyl (C=O) groups excluding carboxylic acids is 1. The number of hydrogen-bond acceptors (Lipinski definition) is 4. The second kappa shape index (κ2) is 7.37. The Morgan fingerprint density at radius 3 is 2.63 bits per heavy atom. The Morgan fingerprint density at radius 1 is 1.11 bits per heavy atom. The molecule has 0 saturated heterocycles. The zero-order valence-corrected chi connectivity index (χ0v) is 15.6. The average Bonchev–Trinajstić information content (AvgIpc) is 2.70. The lowest BCUT2D eigenvalue weighted by atomic mass is 9.96. The van der Waals surface area contributed by atoms with E-state index >= 15 is 0 Å². The van der Waals surface area contributed by atoms with Gasteiger partial charge in [-0.15, -0.1) is 0 Å². The predicted molar refractivity (Wildman–Crippen MR) is 104 cm³/mol. The summed E-state index contributed by atoms with van der Waals surface area (Å²) >= 11 is 6.09. The molecule has 2 aromatic heterocycles. The molecule has 6 heteroatoms. The number of benzene rings is 1. The number of halogens is 1. The van der Waals surface area contributed by atoms with Crippen molar-refractivity contribution in [3.05, 3.63) is 76.6 Å². The first-order valence-corrected chi connectivity index (χ1v) is 9.05. The highest BCUT2D eigenvalue weighted by Crippen LogP contribution is 2.29. The monoisotopic (exact) mass is 379 g/mol. The van der Waals surface area contributed by atoms with E-state index in [0.717, 1.165) is 29.0 Å². The second-order valence-corrected chi connectivity index (χ2v) is 6.81. The number of carbonyl (C=O) groups is 1. The summed E-state index contributed by atoms with van der Waals surface area (Å²) in [4.78, 5) is 23.7. The van der Waals surface area contributed by atoms with Crippen LogP contribution in [0.15, 0.2) is 54.9 Å². The van der Waals surface area contributed by atoms with Crippen molar-refractivity contribution < 1.29 is 9.53 Å². The molecule has 0 fully saturated rings. The van der Waals surface area contributed by atoms with E-state index in [9.17, 15) is 4.79 Å². The fourth-order valence-corrected chi connectivity index (χ4v) is 3.48. The van der Waals surface area contributed by atoms with Gasteiger partial charge >= 0.3 is 0 Å². The molecule has 0 unspecified atom stereocenters. The Hall–Kier alpha value is -2.92. The molecule has 4 rings (SSSR count). The molecule has 3 heterocycles. The van der Waals surface area contributed by atoms with Crippen molar-refractivity contribution in [2.45, 2.75) is 13.0 Å². The Balaban J connectivity index is 1.62. The van der Waals surface area contributed by atoms with Gasteiger partial charge in [0.25, 0.3) is 5.91 Å². The van der Waals surface area contributed by atoms with E-state index in [1.54, 1.807) is 37.7 Å². The molecule has 0 aliphatic carbocycles. The number of pyridine rings is 2. The highest BCUT2D eigenvalue weighted by Gasteiger charge is 2.27. The van der Waals surface area contributed by atoms with E-state index in [1.165, 1.54) is 0 Å². The summed E-state index contributed by atoms with van der Waals surface area (Å²) in [6, 6.07) is 13.1. The first kappa shape index (κ1) is 17.5. The maximum atomic E-state index is 13.0. The molecule has 1 aliphatic heterocycles. The van der Waals surface area contributed by atoms with Gasteiger partial charge in [0.1, 0.15) is 5.75 Å². The first-order chi connectivity index (χ1) is 13.2. The van der Waals surface area contributed by atoms with Crippen LogP contribution < -0.4 is 4.74 Å². The van der Waals surface area contributed by atoms with Crippen molar-refractivity contribution in [3.8, 4) is 17.1 Å². The fraction of sp³-hybridized carbons (Fsp3) is 0.190. The molecule has 0 bridgehead atoms. The molecule has 0 atom stereocenters. The first-order valence-electron chi connectivity index (χ1n) is 8.67. The highest BCUT2D eigenvalue weighted by atomic mass is 35.5. The highest BCUT2D eigenvalue weighted by molar-refractivity contribution is 6.30. The van der Waals surface area contributed by atoms with Crippen LogP contribution in [0.25, 0.3) is 11.4 Å². The number of methoxy groups -OCH3 is 1. The molecule has 1 aromatic carbocycles. The van der Waals surface area contributed by atoms with Gasteiger partial charge in [0.05, 0.1) is 18.5 Å². The molecule has 1 aliphatic rings. The summed E-state index contributed by atoms with van der Waals surface area (Å²) in [6.07, 6.45) is 4.04. The molecule has 27 heavy (non-hydrogen) atoms. The van der Waals surface area contributed by atoms with Crippen molar-refractivity contribution in [3.63, 3.8) is 0 Å². The predicted octanol–water partition coefficient (Wildman–Crippen LogP) is 4.00. The van der Waals surface area contributed by atoms with Gasteiger partial charge in [-0.2, -0.15) is 0 Å². The molecule has 1 amide bonds. The molecule has 0 saturated carbocycles. The number of amides is 1. The van der Waals surface area contributed by atoms with Crippen LogP contribution >= 0.6 is 11.6 Å². The molecular weight excluding hydrogens is 362 g/mol. The summed E-state index contributed by atoms with van der Waals surface area (Å²) in [5.41, 5.74) is 4.10. The number of ether oxygens (including phenoxy) is 1. The van der Waals surface area contributed by atoms with Gasteiger partial charge in [0, 0.05) is 36.1 Å². The lowest BCUT2D eigenvalue weighted by molar-refractivity contribution is 0.0727. The van der Waals surface area contributed by atoms with E-state index in [4.69, 9.17) is 16.3 Å². The minimum Gasteiger partial charge on any atom is -0.497 e. The third kappa shape index (κ3) is 3.51. The van der Waals surface area contributed by atoms with Crippen LogP contribution in [-0.4, -0.2) is 34.4 Å². The summed E-state index contributed by atoms with van der Waals surface area (Å²) in [5.74, 6) is 0.816. The van der Waals surface area contributed by atoms with Gasteiger partial charge in [-0.3, -0.25) is 14.8 Å². The largest absolute Gasteiger partial charge is 0.497 e. The van der Waals surface area contributed by atoms with Crippen molar-refractivity contribution >= 4 is 17.5 Å². The smallest absolute Gasteiger partial charge is 0.254 e. The molecule has 3 aromatic rings. The van der Waals surface area contributed by atoms with Crippen LogP contribution in [0.5, 0.6) is 5.75 Å². The molecule has 5 nitrogen and oxygen atoms in total. The van der Waals surface area contributed by atoms with E-state index in [2.05, 4.69) is 9.97 Å². The Labute approximate surface area is 162 Å². The van der Waals surface area contributed by atoms with E-state index in [1.807, 2.05) is 29.2 Å². The second-order valence-electron chi connectivity index (χ2n) is 6.37. The third-order valence-electron chi connectivity index (χ3n) is 4.70. The molecule has 0 radical (unpaired) electrons. The lowest BCUT2D eigenvalue weighted by Crippen LogP contribution is -2.37. The van der Waals surface area contributed by atoms with Crippen molar-refractivity contribution in [2.24, 2.45) is 0 Å². The Bertz CT molecular complexity index is 989. The SMILES string of the molecule is COc1ccc(CN2CCc3c(ccnc3-c3cc(Cl)ccn3)C2=O)cc1. The molecular formula is C21H18ClN3O2. The fourth-order valence-electron chi connectivity index (χ4n) is 3.32. The summed E-state index contributed by atoms with van der Waals surface area (Å²) in [7, 11) is 1.64. The number of hydrogen-bond donors (Lipinski definition) is 0. The van der Waals surface area contributed by atoms with Crippen molar-refractivity contribution in [2.75, 3.05) is 13.7 Å². The molecule has 0 spiro atoms. The number of aromatic nitrogens is 2. The molecule has 0 N–H and O–H groups in total. The molecule has 136 valence electrons. The third-order valence-corrected chi connectivity index (χ3v) is 4.94. The number of fused-ring (bicyclic) bond motifs is 1. The summed E-state index contributed by atoms with van der Waals surface area (Å²) < 4.78 is 5.19. The number of nitrogens with zero attached hydrogens (tertiary/aromatic N) is 3. The maximum absolute atomic E-state index is 13.0. The lowest BCUT2D eigenvalue weighted by Gasteiger charge is -2.29. The van der Waals surface area contributed by atoms with Gasteiger partial charge in [0.2, 0.25) is 0 Å². The average molecular weight is 380 g/mol. The standard InChI is InChI=1S/C21H18ClN3O2/c1-27-16-4-2-14(3-5-16)13-25-11-8-17-18(21(25)26)7-10-24-20(17)19-12-15(22)6-9-23-19/h2-7,9-10,12H,8,11,13H2,1H3. The summed E-state index contributed by atoms with van der Waals surface area (Å²) in [6.45, 7) is 1.20. The minimum absolute atomic E-state index is 0.0118. The quantitative estimate of drug-likeness (QED) is 0.687. The minimum atomic E-state index is 0.0118. The van der Waals surface area contributed by atoms with Crippen molar-refractivity contribution in [1.82, 2.24) is 14.9 Å². The zero-order valence-electron chi connectivity index (χ0n) is 14.9. The van der Waals surface area contributed by atoms with E-state index < -0.39 is 0 Å². The van der Waals surface area contributed by atoms with Crippen molar-refractivity contribution in [1.29, 1.82) is 0 Å². The van der Waals surface area contributed by atoms with Gasteiger partial charge in [-0.25, -0.2) is 0 Å². The maximum Gasteiger partial charge on any atom is 0.254 e. The normalized spacial score (nSPS) is 13.4. The van der Waals surface area contributed by atoms with Crippen LogP contribution in [0.3, 0.4) is 0 Å². The van der Waals surface area contributed by atoms with Gasteiger partial charge in [-0.05, 0) is 47.9 Å². The Morgan fingerprint density at radius 2 is 1.89 bits per heavy atom. The summed E-state index contributed by atoms with van der Waals surface area (Å²) in [5, 5.41) is 0.600. The van der Waals surface area contributed by atoms with Crippen LogP contribution in [-0.2, 0) is 13.0 Å².